The van der Waals surface area contributed by atoms with Crippen LogP contribution in [0.3, 0.4) is 0 Å². The molecule has 0 fully saturated rings. The average molecular weight is 228 g/mol. The number of fused-ring (bicyclic) bond motifs is 3. The van der Waals surface area contributed by atoms with Crippen LogP contribution in [0.25, 0.3) is 21.9 Å². The van der Waals surface area contributed by atoms with E-state index in [0.29, 0.717) is 22.5 Å². The Kier molecular flexibility index (Phi) is 2.14. The largest absolute Gasteiger partial charge is 0.456 e. The van der Waals surface area contributed by atoms with Crippen LogP contribution >= 0.6 is 0 Å². The van der Waals surface area contributed by atoms with Crippen molar-refractivity contribution in [2.24, 2.45) is 0 Å². The zero-order valence-electron chi connectivity index (χ0n) is 8.69. The predicted octanol–water partition coefficient (Wildman–Crippen LogP) is 3.10. The molecular formula is C12H8N2O3. The third-order valence-corrected chi connectivity index (χ3v) is 2.71. The van der Waals surface area contributed by atoms with E-state index in [4.69, 9.17) is 4.42 Å². The number of benzene rings is 2. The van der Waals surface area contributed by atoms with Crippen LogP contribution in [0.5, 0.6) is 0 Å². The SMILES string of the molecule is [O]Nc1ccc2c(c1)oc1cc(N[O])ccc12. The van der Waals surface area contributed by atoms with Crippen molar-refractivity contribution < 1.29 is 14.8 Å². The minimum Gasteiger partial charge on any atom is -0.456 e. The van der Waals surface area contributed by atoms with Gasteiger partial charge in [0, 0.05) is 22.9 Å². The number of hydrogen-bond acceptors (Lipinski definition) is 3. The maximum Gasteiger partial charge on any atom is 0.137 e. The molecule has 0 saturated heterocycles. The maximum absolute atomic E-state index is 10.5. The van der Waals surface area contributed by atoms with Crippen LogP contribution in [0.4, 0.5) is 11.4 Å². The van der Waals surface area contributed by atoms with Gasteiger partial charge in [0.15, 0.2) is 0 Å². The molecule has 1 aromatic heterocycles. The molecule has 0 amide bonds. The summed E-state index contributed by atoms with van der Waals surface area (Å²) in [7, 11) is 0. The molecule has 0 aliphatic heterocycles. The van der Waals surface area contributed by atoms with Crippen LogP contribution in [0.2, 0.25) is 0 Å². The van der Waals surface area contributed by atoms with Gasteiger partial charge in [-0.25, -0.2) is 11.0 Å². The molecule has 3 rings (SSSR count). The predicted molar refractivity (Wildman–Crippen MR) is 62.3 cm³/mol. The van der Waals surface area contributed by atoms with Gasteiger partial charge < -0.3 is 4.42 Å². The van der Waals surface area contributed by atoms with Crippen LogP contribution in [0.15, 0.2) is 40.8 Å². The molecule has 0 aliphatic carbocycles. The van der Waals surface area contributed by atoms with Gasteiger partial charge in [-0.05, 0) is 24.3 Å². The molecule has 5 heteroatoms. The molecule has 0 aliphatic rings. The number of rotatable bonds is 2. The summed E-state index contributed by atoms with van der Waals surface area (Å²) in [5.41, 5.74) is 5.74. The molecule has 17 heavy (non-hydrogen) atoms. The lowest BCUT2D eigenvalue weighted by Gasteiger charge is -1.95. The molecule has 0 saturated carbocycles. The highest BCUT2D eigenvalue weighted by atomic mass is 16.5. The van der Waals surface area contributed by atoms with E-state index >= 15 is 0 Å². The van der Waals surface area contributed by atoms with Crippen molar-refractivity contribution in [3.05, 3.63) is 36.4 Å². The third kappa shape index (κ3) is 1.49. The summed E-state index contributed by atoms with van der Waals surface area (Å²) in [5.74, 6) is 0. The Bertz CT molecular complexity index is 632. The standard InChI is InChI=1S/C12H8N2O3/c15-13-7-1-3-9-10-4-2-8(14-16)6-12(10)17-11(9)5-7/h1-6,13-14H. The smallest absolute Gasteiger partial charge is 0.137 e. The molecule has 0 atom stereocenters. The third-order valence-electron chi connectivity index (χ3n) is 2.71. The average Bonchev–Trinajstić information content (AvgIpc) is 2.74. The minimum atomic E-state index is 0.443. The summed E-state index contributed by atoms with van der Waals surface area (Å²) in [6.45, 7) is 0. The molecule has 84 valence electrons. The monoisotopic (exact) mass is 228 g/mol. The lowest BCUT2D eigenvalue weighted by Crippen LogP contribution is -1.84. The normalized spacial score (nSPS) is 10.9. The molecule has 0 bridgehead atoms. The van der Waals surface area contributed by atoms with Crippen molar-refractivity contribution in [3.63, 3.8) is 0 Å². The lowest BCUT2D eigenvalue weighted by molar-refractivity contribution is 0.274. The first-order valence-electron chi connectivity index (χ1n) is 5.04. The summed E-state index contributed by atoms with van der Waals surface area (Å²) >= 11 is 0. The zero-order valence-corrected chi connectivity index (χ0v) is 8.69. The number of nitrogens with one attached hydrogen (secondary N) is 2. The van der Waals surface area contributed by atoms with Crippen LogP contribution in [0, 0.1) is 0 Å². The summed E-state index contributed by atoms with van der Waals surface area (Å²) in [6, 6.07) is 10.3. The lowest BCUT2D eigenvalue weighted by atomic mass is 10.1. The second-order valence-corrected chi connectivity index (χ2v) is 3.73. The summed E-state index contributed by atoms with van der Waals surface area (Å²) in [4.78, 5) is 0. The van der Waals surface area contributed by atoms with Crippen LogP contribution in [-0.2, 0) is 10.4 Å². The van der Waals surface area contributed by atoms with Crippen molar-refractivity contribution in [3.8, 4) is 0 Å². The van der Waals surface area contributed by atoms with Crippen LogP contribution in [0.1, 0.15) is 0 Å². The molecule has 0 unspecified atom stereocenters. The summed E-state index contributed by atoms with van der Waals surface area (Å²) < 4.78 is 5.58. The second kappa shape index (κ2) is 3.65. The molecule has 1 heterocycles. The zero-order chi connectivity index (χ0) is 11.8. The first-order valence-corrected chi connectivity index (χ1v) is 5.04. The van der Waals surface area contributed by atoms with Crippen LogP contribution < -0.4 is 11.0 Å². The van der Waals surface area contributed by atoms with Gasteiger partial charge in [-0.2, -0.15) is 0 Å². The quantitative estimate of drug-likeness (QED) is 0.661. The molecule has 2 N–H and O–H groups in total. The van der Waals surface area contributed by atoms with Crippen molar-refractivity contribution in [1.29, 1.82) is 0 Å². The van der Waals surface area contributed by atoms with E-state index in [9.17, 15) is 10.4 Å². The highest BCUT2D eigenvalue weighted by molar-refractivity contribution is 6.06. The second-order valence-electron chi connectivity index (χ2n) is 3.73. The van der Waals surface area contributed by atoms with E-state index in [1.54, 1.807) is 24.3 Å². The van der Waals surface area contributed by atoms with Crippen molar-refractivity contribution in [2.75, 3.05) is 11.0 Å². The van der Waals surface area contributed by atoms with Gasteiger partial charge >= 0.3 is 0 Å². The van der Waals surface area contributed by atoms with E-state index in [1.165, 1.54) is 0 Å². The molecule has 3 aromatic rings. The fraction of sp³-hybridized carbons (Fsp3) is 0. The molecular weight excluding hydrogens is 220 g/mol. The Balaban J connectivity index is 2.32. The van der Waals surface area contributed by atoms with Gasteiger partial charge in [0.05, 0.1) is 11.4 Å². The molecule has 5 nitrogen and oxygen atoms in total. The van der Waals surface area contributed by atoms with Crippen molar-refractivity contribution >= 4 is 33.3 Å². The Morgan fingerprint density at radius 2 is 1.24 bits per heavy atom. The Hall–Kier alpha value is -2.24. The fourth-order valence-electron chi connectivity index (χ4n) is 1.90. The minimum absolute atomic E-state index is 0.443. The van der Waals surface area contributed by atoms with Gasteiger partial charge in [0.2, 0.25) is 0 Å². The van der Waals surface area contributed by atoms with Gasteiger partial charge in [0.25, 0.3) is 0 Å². The van der Waals surface area contributed by atoms with Gasteiger partial charge in [0.1, 0.15) is 11.2 Å². The van der Waals surface area contributed by atoms with Crippen molar-refractivity contribution in [1.82, 2.24) is 0 Å². The highest BCUT2D eigenvalue weighted by Gasteiger charge is 2.08. The maximum atomic E-state index is 10.5. The topological polar surface area (TPSA) is 77.0 Å². The Morgan fingerprint density at radius 1 is 0.765 bits per heavy atom. The molecule has 2 radical (unpaired) electrons. The number of anilines is 2. The first-order chi connectivity index (χ1) is 8.31. The highest BCUT2D eigenvalue weighted by Crippen LogP contribution is 2.31. The number of furan rings is 1. The van der Waals surface area contributed by atoms with Gasteiger partial charge in [-0.1, -0.05) is 10.4 Å². The van der Waals surface area contributed by atoms with E-state index in [2.05, 4.69) is 0 Å². The van der Waals surface area contributed by atoms with E-state index in [0.717, 1.165) is 10.8 Å². The first kappa shape index (κ1) is 9.95. The van der Waals surface area contributed by atoms with Crippen molar-refractivity contribution in [2.45, 2.75) is 0 Å². The summed E-state index contributed by atoms with van der Waals surface area (Å²) in [6.07, 6.45) is 0. The fourth-order valence-corrected chi connectivity index (χ4v) is 1.90. The number of hydrogen-bond donors (Lipinski definition) is 2. The van der Waals surface area contributed by atoms with Gasteiger partial charge in [-0.15, -0.1) is 0 Å². The van der Waals surface area contributed by atoms with E-state index in [-0.39, 0.29) is 0 Å². The van der Waals surface area contributed by atoms with E-state index in [1.807, 2.05) is 23.1 Å². The molecule has 0 spiro atoms. The Morgan fingerprint density at radius 3 is 1.65 bits per heavy atom. The van der Waals surface area contributed by atoms with E-state index < -0.39 is 0 Å². The molecule has 2 aromatic carbocycles. The summed E-state index contributed by atoms with van der Waals surface area (Å²) in [5, 5.41) is 22.9. The Labute approximate surface area is 96.2 Å². The van der Waals surface area contributed by atoms with Gasteiger partial charge in [-0.3, -0.25) is 0 Å². The van der Waals surface area contributed by atoms with Crippen LogP contribution in [-0.4, -0.2) is 0 Å².